The number of hydrogen-bond acceptors (Lipinski definition) is 4. The van der Waals surface area contributed by atoms with Gasteiger partial charge in [-0.25, -0.2) is 4.68 Å². The van der Waals surface area contributed by atoms with Crippen molar-refractivity contribution in [2.45, 2.75) is 13.3 Å². The second-order valence-corrected chi connectivity index (χ2v) is 7.30. The van der Waals surface area contributed by atoms with Gasteiger partial charge in [0, 0.05) is 31.4 Å². The first-order valence-electron chi connectivity index (χ1n) is 9.97. The number of aryl methyl sites for hydroxylation is 1. The number of carbonyl (C=O) groups excluding carboxylic acids is 1. The van der Waals surface area contributed by atoms with Crippen LogP contribution in [0.3, 0.4) is 0 Å². The third-order valence-electron chi connectivity index (χ3n) is 5.21. The van der Waals surface area contributed by atoms with Gasteiger partial charge in [0.05, 0.1) is 18.4 Å². The highest BCUT2D eigenvalue weighted by Gasteiger charge is 2.24. The van der Waals surface area contributed by atoms with Crippen LogP contribution in [-0.2, 0) is 0 Å². The molecule has 3 aromatic rings. The number of rotatable bonds is 4. The van der Waals surface area contributed by atoms with Gasteiger partial charge in [-0.1, -0.05) is 29.8 Å². The fraction of sp³-hybridized carbons (Fsp3) is 0.304. The Hall–Kier alpha value is -2.83. The number of benzene rings is 2. The largest absolute Gasteiger partial charge is 0.497 e. The Kier molecular flexibility index (Phi) is 7.13. The van der Waals surface area contributed by atoms with Gasteiger partial charge < -0.3 is 15.0 Å². The number of halogens is 1. The van der Waals surface area contributed by atoms with Crippen molar-refractivity contribution in [3.05, 3.63) is 65.9 Å². The highest BCUT2D eigenvalue weighted by molar-refractivity contribution is 6.00. The van der Waals surface area contributed by atoms with E-state index in [9.17, 15) is 4.79 Å². The van der Waals surface area contributed by atoms with Crippen LogP contribution in [0.5, 0.6) is 5.75 Å². The highest BCUT2D eigenvalue weighted by atomic mass is 35.5. The van der Waals surface area contributed by atoms with Crippen molar-refractivity contribution in [2.24, 2.45) is 0 Å². The Labute approximate surface area is 183 Å². The van der Waals surface area contributed by atoms with E-state index in [1.807, 2.05) is 59.6 Å². The average molecular weight is 427 g/mol. The maximum atomic E-state index is 13.4. The minimum atomic E-state index is 0. The summed E-state index contributed by atoms with van der Waals surface area (Å²) in [6, 6.07) is 15.8. The SMILES string of the molecule is COc1cccc(-c2nn(-c3ccc(C)cc3)cc2C(=O)N2CCCNCC2)c1.Cl. The molecule has 7 heteroatoms. The number of nitrogens with one attached hydrogen (secondary N) is 1. The Bertz CT molecular complexity index is 993. The van der Waals surface area contributed by atoms with Crippen molar-refractivity contribution < 1.29 is 9.53 Å². The van der Waals surface area contributed by atoms with Gasteiger partial charge in [0.2, 0.25) is 0 Å². The first-order chi connectivity index (χ1) is 14.2. The van der Waals surface area contributed by atoms with Gasteiger partial charge in [-0.3, -0.25) is 4.79 Å². The number of aromatic nitrogens is 2. The van der Waals surface area contributed by atoms with E-state index in [4.69, 9.17) is 9.84 Å². The summed E-state index contributed by atoms with van der Waals surface area (Å²) in [4.78, 5) is 15.3. The zero-order chi connectivity index (χ0) is 20.2. The standard InChI is InChI=1S/C23H26N4O2.ClH/c1-17-7-9-19(10-8-17)27-16-21(23(28)26-13-4-11-24-12-14-26)22(25-27)18-5-3-6-20(15-18)29-2;/h3,5-10,15-16,24H,4,11-14H2,1-2H3;1H. The van der Waals surface area contributed by atoms with E-state index in [0.29, 0.717) is 17.8 Å². The topological polar surface area (TPSA) is 59.4 Å². The first kappa shape index (κ1) is 21.9. The molecule has 6 nitrogen and oxygen atoms in total. The fourth-order valence-corrected chi connectivity index (χ4v) is 3.56. The van der Waals surface area contributed by atoms with Crippen molar-refractivity contribution in [1.29, 1.82) is 0 Å². The number of amides is 1. The molecule has 1 aromatic heterocycles. The lowest BCUT2D eigenvalue weighted by Crippen LogP contribution is -2.34. The lowest BCUT2D eigenvalue weighted by Gasteiger charge is -2.19. The van der Waals surface area contributed by atoms with Crippen LogP contribution in [0, 0.1) is 6.92 Å². The van der Waals surface area contributed by atoms with Gasteiger partial charge in [-0.2, -0.15) is 5.10 Å². The third-order valence-corrected chi connectivity index (χ3v) is 5.21. The molecule has 1 aliphatic heterocycles. The predicted octanol–water partition coefficient (Wildman–Crippen LogP) is 3.71. The molecule has 1 aliphatic rings. The molecule has 0 bridgehead atoms. The Morgan fingerprint density at radius 1 is 1.10 bits per heavy atom. The summed E-state index contributed by atoms with van der Waals surface area (Å²) < 4.78 is 7.17. The summed E-state index contributed by atoms with van der Waals surface area (Å²) in [7, 11) is 1.64. The third kappa shape index (κ3) is 4.66. The molecule has 30 heavy (non-hydrogen) atoms. The summed E-state index contributed by atoms with van der Waals surface area (Å²) in [6.07, 6.45) is 2.80. The quantitative estimate of drug-likeness (QED) is 0.690. The maximum Gasteiger partial charge on any atom is 0.257 e. The molecule has 0 unspecified atom stereocenters. The van der Waals surface area contributed by atoms with Gasteiger partial charge >= 0.3 is 0 Å². The molecule has 2 heterocycles. The fourth-order valence-electron chi connectivity index (χ4n) is 3.56. The molecule has 0 spiro atoms. The maximum absolute atomic E-state index is 13.4. The average Bonchev–Trinajstić information content (AvgIpc) is 3.01. The summed E-state index contributed by atoms with van der Waals surface area (Å²) >= 11 is 0. The van der Waals surface area contributed by atoms with Crippen molar-refractivity contribution in [3.8, 4) is 22.7 Å². The van der Waals surface area contributed by atoms with Crippen molar-refractivity contribution in [1.82, 2.24) is 20.0 Å². The molecule has 0 aliphatic carbocycles. The number of carbonyl (C=O) groups is 1. The number of hydrogen-bond donors (Lipinski definition) is 1. The van der Waals surface area contributed by atoms with Crippen LogP contribution in [0.15, 0.2) is 54.7 Å². The smallest absolute Gasteiger partial charge is 0.257 e. The van der Waals surface area contributed by atoms with Crippen LogP contribution < -0.4 is 10.1 Å². The summed E-state index contributed by atoms with van der Waals surface area (Å²) in [6.45, 7) is 5.25. The summed E-state index contributed by atoms with van der Waals surface area (Å²) in [5.74, 6) is 0.759. The van der Waals surface area contributed by atoms with Crippen LogP contribution in [0.25, 0.3) is 16.9 Å². The molecule has 0 radical (unpaired) electrons. The molecule has 1 saturated heterocycles. The lowest BCUT2D eigenvalue weighted by molar-refractivity contribution is 0.0767. The Morgan fingerprint density at radius 2 is 1.90 bits per heavy atom. The van der Waals surface area contributed by atoms with Gasteiger partial charge in [-0.15, -0.1) is 12.4 Å². The molecule has 0 saturated carbocycles. The van der Waals surface area contributed by atoms with Gasteiger partial charge in [0.1, 0.15) is 11.4 Å². The molecule has 1 fully saturated rings. The number of nitrogens with zero attached hydrogens (tertiary/aromatic N) is 3. The second-order valence-electron chi connectivity index (χ2n) is 7.30. The Morgan fingerprint density at radius 3 is 2.67 bits per heavy atom. The monoisotopic (exact) mass is 426 g/mol. The molecule has 0 atom stereocenters. The van der Waals surface area contributed by atoms with Crippen molar-refractivity contribution >= 4 is 18.3 Å². The molecule has 158 valence electrons. The van der Waals surface area contributed by atoms with E-state index in [1.54, 1.807) is 11.8 Å². The van der Waals surface area contributed by atoms with Gasteiger partial charge in [-0.05, 0) is 44.2 Å². The molecule has 2 aromatic carbocycles. The van der Waals surface area contributed by atoms with Crippen LogP contribution >= 0.6 is 12.4 Å². The predicted molar refractivity (Wildman–Crippen MR) is 121 cm³/mol. The van der Waals surface area contributed by atoms with Crippen LogP contribution in [0.1, 0.15) is 22.3 Å². The zero-order valence-electron chi connectivity index (χ0n) is 17.3. The van der Waals surface area contributed by atoms with E-state index < -0.39 is 0 Å². The Balaban J connectivity index is 0.00000256. The van der Waals surface area contributed by atoms with Crippen LogP contribution in [0.2, 0.25) is 0 Å². The van der Waals surface area contributed by atoms with Crippen LogP contribution in [-0.4, -0.2) is 53.9 Å². The van der Waals surface area contributed by atoms with E-state index in [-0.39, 0.29) is 18.3 Å². The van der Waals surface area contributed by atoms with Crippen molar-refractivity contribution in [3.63, 3.8) is 0 Å². The van der Waals surface area contributed by atoms with E-state index in [0.717, 1.165) is 43.1 Å². The zero-order valence-corrected chi connectivity index (χ0v) is 18.1. The highest BCUT2D eigenvalue weighted by Crippen LogP contribution is 2.28. The number of methoxy groups -OCH3 is 1. The van der Waals surface area contributed by atoms with E-state index >= 15 is 0 Å². The molecule has 1 N–H and O–H groups in total. The van der Waals surface area contributed by atoms with Gasteiger partial charge in [0.15, 0.2) is 0 Å². The molecular formula is C23H27ClN4O2. The second kappa shape index (κ2) is 9.78. The normalized spacial score (nSPS) is 14.0. The number of ether oxygens (including phenoxy) is 1. The summed E-state index contributed by atoms with van der Waals surface area (Å²) in [5, 5.41) is 8.14. The van der Waals surface area contributed by atoms with E-state index in [2.05, 4.69) is 12.2 Å². The molecule has 4 rings (SSSR count). The van der Waals surface area contributed by atoms with Gasteiger partial charge in [0.25, 0.3) is 5.91 Å². The minimum absolute atomic E-state index is 0. The first-order valence-corrected chi connectivity index (χ1v) is 9.97. The molecular weight excluding hydrogens is 400 g/mol. The lowest BCUT2D eigenvalue weighted by atomic mass is 10.1. The van der Waals surface area contributed by atoms with E-state index in [1.165, 1.54) is 5.56 Å². The summed E-state index contributed by atoms with van der Waals surface area (Å²) in [5.41, 5.74) is 4.26. The van der Waals surface area contributed by atoms with Crippen molar-refractivity contribution in [2.75, 3.05) is 33.3 Å². The van der Waals surface area contributed by atoms with Crippen LogP contribution in [0.4, 0.5) is 0 Å². The molecule has 1 amide bonds. The minimum Gasteiger partial charge on any atom is -0.497 e.